The topological polar surface area (TPSA) is 38.5 Å². The first-order chi connectivity index (χ1) is 8.74. The normalized spacial score (nSPS) is 16.9. The van der Waals surface area contributed by atoms with E-state index in [1.807, 2.05) is 24.3 Å². The number of nitrogens with two attached hydrogens (primary N) is 1. The van der Waals surface area contributed by atoms with Crippen LogP contribution in [0.15, 0.2) is 24.3 Å². The molecular weight excluding hydrogens is 283 g/mol. The fourth-order valence-corrected chi connectivity index (χ4v) is 2.31. The molecule has 1 saturated heterocycles. The highest BCUT2D eigenvalue weighted by atomic mass is 35.5. The number of ether oxygens (including phenoxy) is 1. The summed E-state index contributed by atoms with van der Waals surface area (Å²) in [7, 11) is 0. The predicted molar refractivity (Wildman–Crippen MR) is 82.5 cm³/mol. The molecule has 0 saturated carbocycles. The van der Waals surface area contributed by atoms with E-state index in [0.29, 0.717) is 6.04 Å². The van der Waals surface area contributed by atoms with Crippen LogP contribution in [0.4, 0.5) is 0 Å². The van der Waals surface area contributed by atoms with Crippen LogP contribution in [0.3, 0.4) is 0 Å². The number of hydrogen-bond donors (Lipinski definition) is 1. The van der Waals surface area contributed by atoms with Crippen molar-refractivity contribution >= 4 is 24.0 Å². The molecule has 0 aliphatic carbocycles. The Kier molecular flexibility index (Phi) is 7.54. The summed E-state index contributed by atoms with van der Waals surface area (Å²) in [4.78, 5) is 2.47. The maximum Gasteiger partial charge on any atom is 0.119 e. The number of hydrogen-bond acceptors (Lipinski definition) is 3. The molecule has 108 valence electrons. The molecule has 1 aliphatic rings. The minimum Gasteiger partial charge on any atom is -0.494 e. The third-order valence-electron chi connectivity index (χ3n) is 3.33. The molecule has 0 bridgehead atoms. The lowest BCUT2D eigenvalue weighted by atomic mass is 10.1. The lowest BCUT2D eigenvalue weighted by Crippen LogP contribution is -2.40. The van der Waals surface area contributed by atoms with Crippen molar-refractivity contribution in [3.05, 3.63) is 29.3 Å². The van der Waals surface area contributed by atoms with Crippen LogP contribution in [0.2, 0.25) is 5.02 Å². The van der Waals surface area contributed by atoms with E-state index in [1.54, 1.807) is 0 Å². The van der Waals surface area contributed by atoms with Gasteiger partial charge in [0.05, 0.1) is 6.61 Å². The molecule has 0 radical (unpaired) electrons. The molecule has 1 fully saturated rings. The van der Waals surface area contributed by atoms with Crippen molar-refractivity contribution in [2.45, 2.75) is 25.3 Å². The van der Waals surface area contributed by atoms with Crippen molar-refractivity contribution in [2.75, 3.05) is 26.2 Å². The molecule has 2 N–H and O–H groups in total. The SMILES string of the molecule is Cl.NC1CCN(CCCOc2ccc(Cl)cc2)CC1. The Morgan fingerprint density at radius 2 is 1.84 bits per heavy atom. The smallest absolute Gasteiger partial charge is 0.119 e. The van der Waals surface area contributed by atoms with E-state index in [-0.39, 0.29) is 12.4 Å². The van der Waals surface area contributed by atoms with Crippen molar-refractivity contribution < 1.29 is 4.74 Å². The summed E-state index contributed by atoms with van der Waals surface area (Å²) in [5, 5.41) is 0.743. The van der Waals surface area contributed by atoms with Crippen molar-refractivity contribution in [1.82, 2.24) is 4.90 Å². The zero-order chi connectivity index (χ0) is 12.8. The maximum atomic E-state index is 5.88. The van der Waals surface area contributed by atoms with E-state index >= 15 is 0 Å². The molecule has 0 spiro atoms. The molecule has 0 atom stereocenters. The molecule has 1 aliphatic heterocycles. The second-order valence-electron chi connectivity index (χ2n) is 4.84. The van der Waals surface area contributed by atoms with E-state index in [4.69, 9.17) is 22.1 Å². The monoisotopic (exact) mass is 304 g/mol. The van der Waals surface area contributed by atoms with E-state index in [9.17, 15) is 0 Å². The van der Waals surface area contributed by atoms with Crippen molar-refractivity contribution in [3.8, 4) is 5.75 Å². The van der Waals surface area contributed by atoms with Gasteiger partial charge in [-0.05, 0) is 56.6 Å². The van der Waals surface area contributed by atoms with Crippen LogP contribution in [-0.4, -0.2) is 37.2 Å². The quantitative estimate of drug-likeness (QED) is 0.850. The van der Waals surface area contributed by atoms with E-state index in [2.05, 4.69) is 4.90 Å². The van der Waals surface area contributed by atoms with Gasteiger partial charge in [-0.15, -0.1) is 12.4 Å². The molecule has 1 aromatic rings. The van der Waals surface area contributed by atoms with Gasteiger partial charge < -0.3 is 15.4 Å². The fourth-order valence-electron chi connectivity index (χ4n) is 2.19. The van der Waals surface area contributed by atoms with Gasteiger partial charge in [0.25, 0.3) is 0 Å². The van der Waals surface area contributed by atoms with E-state index < -0.39 is 0 Å². The predicted octanol–water partition coefficient (Wildman–Crippen LogP) is 2.95. The molecule has 0 amide bonds. The molecule has 5 heteroatoms. The highest BCUT2D eigenvalue weighted by Crippen LogP contribution is 2.15. The summed E-state index contributed by atoms with van der Waals surface area (Å²) < 4.78 is 5.66. The summed E-state index contributed by atoms with van der Waals surface area (Å²) in [6, 6.07) is 7.92. The minimum absolute atomic E-state index is 0. The zero-order valence-corrected chi connectivity index (χ0v) is 12.6. The highest BCUT2D eigenvalue weighted by Gasteiger charge is 2.14. The first-order valence-electron chi connectivity index (χ1n) is 6.60. The lowest BCUT2D eigenvalue weighted by molar-refractivity contribution is 0.194. The number of benzene rings is 1. The third kappa shape index (κ3) is 6.00. The van der Waals surface area contributed by atoms with Gasteiger partial charge >= 0.3 is 0 Å². The number of nitrogens with zero attached hydrogens (tertiary/aromatic N) is 1. The highest BCUT2D eigenvalue weighted by molar-refractivity contribution is 6.30. The third-order valence-corrected chi connectivity index (χ3v) is 3.59. The minimum atomic E-state index is 0. The van der Waals surface area contributed by atoms with Crippen LogP contribution in [0, 0.1) is 0 Å². The van der Waals surface area contributed by atoms with E-state index in [0.717, 1.165) is 56.3 Å². The Hall–Kier alpha value is -0.480. The molecule has 0 unspecified atom stereocenters. The molecule has 19 heavy (non-hydrogen) atoms. The van der Waals surface area contributed by atoms with Crippen molar-refractivity contribution in [2.24, 2.45) is 5.73 Å². The standard InChI is InChI=1S/C14H21ClN2O.ClH/c15-12-2-4-14(5-3-12)18-11-1-8-17-9-6-13(16)7-10-17;/h2-5,13H,1,6-11,16H2;1H. The van der Waals surface area contributed by atoms with Crippen LogP contribution >= 0.6 is 24.0 Å². The Morgan fingerprint density at radius 3 is 2.47 bits per heavy atom. The molecule has 0 aromatic heterocycles. The largest absolute Gasteiger partial charge is 0.494 e. The molecule has 3 nitrogen and oxygen atoms in total. The van der Waals surface area contributed by atoms with Gasteiger partial charge in [0.1, 0.15) is 5.75 Å². The number of rotatable bonds is 5. The van der Waals surface area contributed by atoms with Gasteiger partial charge in [-0.2, -0.15) is 0 Å². The maximum absolute atomic E-state index is 5.88. The number of halogens is 2. The van der Waals surface area contributed by atoms with Crippen molar-refractivity contribution in [3.63, 3.8) is 0 Å². The summed E-state index contributed by atoms with van der Waals surface area (Å²) in [6.07, 6.45) is 3.30. The lowest BCUT2D eigenvalue weighted by Gasteiger charge is -2.29. The van der Waals surface area contributed by atoms with Crippen molar-refractivity contribution in [1.29, 1.82) is 0 Å². The van der Waals surface area contributed by atoms with Gasteiger partial charge in [-0.3, -0.25) is 0 Å². The van der Waals surface area contributed by atoms with Crippen LogP contribution in [0.25, 0.3) is 0 Å². The van der Waals surface area contributed by atoms with Crippen LogP contribution < -0.4 is 10.5 Å². The Balaban J connectivity index is 0.00000180. The summed E-state index contributed by atoms with van der Waals surface area (Å²) in [5.41, 5.74) is 5.88. The average Bonchev–Trinajstić information content (AvgIpc) is 2.39. The molecule has 1 aromatic carbocycles. The van der Waals surface area contributed by atoms with Gasteiger partial charge in [-0.1, -0.05) is 11.6 Å². The Labute approximate surface area is 126 Å². The zero-order valence-electron chi connectivity index (χ0n) is 11.1. The van der Waals surface area contributed by atoms with Crippen LogP contribution in [-0.2, 0) is 0 Å². The first-order valence-corrected chi connectivity index (χ1v) is 6.98. The summed E-state index contributed by atoms with van der Waals surface area (Å²) >= 11 is 5.81. The Bertz CT molecular complexity index is 351. The number of likely N-dealkylation sites (tertiary alicyclic amines) is 1. The second-order valence-corrected chi connectivity index (χ2v) is 5.27. The first kappa shape index (κ1) is 16.6. The summed E-state index contributed by atoms with van der Waals surface area (Å²) in [5.74, 6) is 0.889. The second kappa shape index (κ2) is 8.64. The van der Waals surface area contributed by atoms with Gasteiger partial charge in [0, 0.05) is 17.6 Å². The van der Waals surface area contributed by atoms with Crippen LogP contribution in [0.1, 0.15) is 19.3 Å². The van der Waals surface area contributed by atoms with E-state index in [1.165, 1.54) is 0 Å². The van der Waals surface area contributed by atoms with Crippen LogP contribution in [0.5, 0.6) is 5.75 Å². The molecule has 1 heterocycles. The molecular formula is C14H22Cl2N2O. The van der Waals surface area contributed by atoms with Gasteiger partial charge in [0.2, 0.25) is 0 Å². The number of piperidine rings is 1. The summed E-state index contributed by atoms with van der Waals surface area (Å²) in [6.45, 7) is 4.11. The fraction of sp³-hybridized carbons (Fsp3) is 0.571. The van der Waals surface area contributed by atoms with Gasteiger partial charge in [-0.25, -0.2) is 0 Å². The average molecular weight is 305 g/mol. The molecule has 2 rings (SSSR count). The Morgan fingerprint density at radius 1 is 1.21 bits per heavy atom. The van der Waals surface area contributed by atoms with Gasteiger partial charge in [0.15, 0.2) is 0 Å².